The molecule has 2 amide bonds. The first-order valence-electron chi connectivity index (χ1n) is 7.41. The van der Waals surface area contributed by atoms with Crippen molar-refractivity contribution in [3.63, 3.8) is 0 Å². The van der Waals surface area contributed by atoms with Gasteiger partial charge in [-0.05, 0) is 26.0 Å². The first-order valence-corrected chi connectivity index (χ1v) is 9.04. The van der Waals surface area contributed by atoms with Crippen LogP contribution in [0.3, 0.4) is 0 Å². The molecule has 0 bridgehead atoms. The average molecular weight is 346 g/mol. The van der Waals surface area contributed by atoms with Gasteiger partial charge in [0.25, 0.3) is 0 Å². The van der Waals surface area contributed by atoms with Gasteiger partial charge in [0.05, 0.1) is 32.5 Å². The molecule has 0 saturated heterocycles. The molecular weight excluding hydrogens is 328 g/mol. The topological polar surface area (TPSA) is 66.9 Å². The van der Waals surface area contributed by atoms with Crippen molar-refractivity contribution in [2.45, 2.75) is 26.8 Å². The maximum atomic E-state index is 11.8. The lowest BCUT2D eigenvalue weighted by Gasteiger charge is -2.06. The number of carbonyl (C=O) groups excluding carboxylic acids is 1. The van der Waals surface area contributed by atoms with Crippen LogP contribution in [0.4, 0.5) is 4.79 Å². The number of hydrogen-bond donors (Lipinski definition) is 2. The van der Waals surface area contributed by atoms with Crippen molar-refractivity contribution in [2.24, 2.45) is 0 Å². The van der Waals surface area contributed by atoms with Crippen LogP contribution in [0.25, 0.3) is 10.2 Å². The van der Waals surface area contributed by atoms with Crippen molar-refractivity contribution in [3.8, 4) is 0 Å². The van der Waals surface area contributed by atoms with Crippen LogP contribution in [-0.4, -0.2) is 22.5 Å². The summed E-state index contributed by atoms with van der Waals surface area (Å²) < 4.78 is 1.18. The number of fused-ring (bicyclic) bond motifs is 1. The first kappa shape index (κ1) is 15.9. The highest BCUT2D eigenvalue weighted by molar-refractivity contribution is 7.18. The molecule has 5 nitrogen and oxygen atoms in total. The molecule has 0 saturated carbocycles. The summed E-state index contributed by atoms with van der Waals surface area (Å²) >= 11 is 3.29. The Kier molecular flexibility index (Phi) is 4.88. The van der Waals surface area contributed by atoms with Gasteiger partial charge in [-0.2, -0.15) is 0 Å². The van der Waals surface area contributed by atoms with Crippen molar-refractivity contribution in [1.82, 2.24) is 20.6 Å². The van der Waals surface area contributed by atoms with E-state index in [2.05, 4.69) is 26.7 Å². The number of benzene rings is 1. The molecule has 0 aliphatic carbocycles. The monoisotopic (exact) mass is 346 g/mol. The Balaban J connectivity index is 1.44. The number of urea groups is 1. The van der Waals surface area contributed by atoms with E-state index in [1.807, 2.05) is 32.0 Å². The third-order valence-corrected chi connectivity index (χ3v) is 5.54. The van der Waals surface area contributed by atoms with Gasteiger partial charge in [0.1, 0.15) is 0 Å². The molecule has 2 heterocycles. The minimum Gasteiger partial charge on any atom is -0.338 e. The number of nitrogens with one attached hydrogen (secondary N) is 2. The van der Waals surface area contributed by atoms with Crippen LogP contribution in [0.5, 0.6) is 0 Å². The van der Waals surface area contributed by atoms with Crippen LogP contribution in [0.1, 0.15) is 20.6 Å². The molecule has 3 rings (SSSR count). The molecule has 0 aliphatic rings. The highest BCUT2D eigenvalue weighted by Gasteiger charge is 2.07. The molecule has 23 heavy (non-hydrogen) atoms. The molecule has 0 spiro atoms. The zero-order chi connectivity index (χ0) is 16.2. The number of thiazole rings is 2. The zero-order valence-electron chi connectivity index (χ0n) is 13.0. The molecule has 7 heteroatoms. The fourth-order valence-electron chi connectivity index (χ4n) is 2.27. The Morgan fingerprint density at radius 1 is 1.13 bits per heavy atom. The zero-order valence-corrected chi connectivity index (χ0v) is 14.7. The number of carbonyl (C=O) groups is 1. The molecule has 0 fully saturated rings. The normalized spacial score (nSPS) is 10.9. The van der Waals surface area contributed by atoms with Crippen molar-refractivity contribution in [3.05, 3.63) is 44.9 Å². The first-order chi connectivity index (χ1) is 11.1. The molecule has 2 N–H and O–H groups in total. The second kappa shape index (κ2) is 7.06. The van der Waals surface area contributed by atoms with E-state index in [-0.39, 0.29) is 6.03 Å². The summed E-state index contributed by atoms with van der Waals surface area (Å²) in [6, 6.07) is 7.92. The minimum atomic E-state index is -0.156. The summed E-state index contributed by atoms with van der Waals surface area (Å²) in [4.78, 5) is 21.9. The van der Waals surface area contributed by atoms with Gasteiger partial charge in [-0.1, -0.05) is 12.1 Å². The van der Waals surface area contributed by atoms with Crippen LogP contribution in [-0.2, 0) is 13.0 Å². The third kappa shape index (κ3) is 4.05. The maximum absolute atomic E-state index is 11.8. The van der Waals surface area contributed by atoms with E-state index < -0.39 is 0 Å². The number of aromatic nitrogens is 2. The van der Waals surface area contributed by atoms with Gasteiger partial charge in [0, 0.05) is 17.8 Å². The Bertz CT molecular complexity index is 791. The number of rotatable bonds is 5. The summed E-state index contributed by atoms with van der Waals surface area (Å²) in [7, 11) is 0. The Morgan fingerprint density at radius 3 is 2.70 bits per heavy atom. The second-order valence-corrected chi connectivity index (χ2v) is 7.58. The summed E-state index contributed by atoms with van der Waals surface area (Å²) in [5.41, 5.74) is 2.01. The Labute approximate surface area is 142 Å². The number of aryl methyl sites for hydroxylation is 2. The number of hydrogen-bond acceptors (Lipinski definition) is 5. The summed E-state index contributed by atoms with van der Waals surface area (Å²) in [5.74, 6) is 0. The van der Waals surface area contributed by atoms with Gasteiger partial charge in [-0.25, -0.2) is 14.8 Å². The van der Waals surface area contributed by atoms with E-state index in [1.54, 1.807) is 22.7 Å². The third-order valence-electron chi connectivity index (χ3n) is 3.37. The number of nitrogens with zero attached hydrogens (tertiary/aromatic N) is 2. The van der Waals surface area contributed by atoms with Crippen molar-refractivity contribution in [2.75, 3.05) is 6.54 Å². The molecule has 0 aliphatic heterocycles. The molecule has 2 aromatic heterocycles. The van der Waals surface area contributed by atoms with Gasteiger partial charge in [-0.15, -0.1) is 22.7 Å². The maximum Gasteiger partial charge on any atom is 0.315 e. The van der Waals surface area contributed by atoms with Crippen LogP contribution >= 0.6 is 22.7 Å². The van der Waals surface area contributed by atoms with Crippen molar-refractivity contribution in [1.29, 1.82) is 0 Å². The van der Waals surface area contributed by atoms with E-state index in [1.165, 1.54) is 4.70 Å². The standard InChI is InChI=1S/C16H18N4OS2/c1-10-14(22-11(2)19-10)9-18-16(21)17-8-7-15-20-12-5-3-4-6-13(12)23-15/h3-6H,7-9H2,1-2H3,(H2,17,18,21). The summed E-state index contributed by atoms with van der Waals surface area (Å²) in [5, 5.41) is 7.81. The lowest BCUT2D eigenvalue weighted by Crippen LogP contribution is -2.36. The predicted molar refractivity (Wildman–Crippen MR) is 95.2 cm³/mol. The van der Waals surface area contributed by atoms with E-state index in [0.29, 0.717) is 13.1 Å². The van der Waals surface area contributed by atoms with Gasteiger partial charge in [0.2, 0.25) is 0 Å². The van der Waals surface area contributed by atoms with Crippen LogP contribution in [0, 0.1) is 13.8 Å². The van der Waals surface area contributed by atoms with Gasteiger partial charge >= 0.3 is 6.03 Å². The molecule has 0 atom stereocenters. The average Bonchev–Trinajstić information content (AvgIpc) is 3.07. The quantitative estimate of drug-likeness (QED) is 0.744. The Morgan fingerprint density at radius 2 is 1.96 bits per heavy atom. The molecule has 3 aromatic rings. The van der Waals surface area contributed by atoms with E-state index >= 15 is 0 Å². The predicted octanol–water partition coefficient (Wildman–Crippen LogP) is 3.41. The molecular formula is C16H18N4OS2. The van der Waals surface area contributed by atoms with Crippen LogP contribution in [0.2, 0.25) is 0 Å². The SMILES string of the molecule is Cc1nc(C)c(CNC(=O)NCCc2nc3ccccc3s2)s1. The summed E-state index contributed by atoms with van der Waals surface area (Å²) in [6.45, 7) is 5.03. The van der Waals surface area contributed by atoms with E-state index in [4.69, 9.17) is 0 Å². The minimum absolute atomic E-state index is 0.156. The second-order valence-electron chi connectivity index (χ2n) is 5.18. The van der Waals surface area contributed by atoms with E-state index in [9.17, 15) is 4.79 Å². The van der Waals surface area contributed by atoms with Gasteiger partial charge in [0.15, 0.2) is 0 Å². The van der Waals surface area contributed by atoms with Crippen molar-refractivity contribution < 1.29 is 4.79 Å². The van der Waals surface area contributed by atoms with Crippen LogP contribution in [0.15, 0.2) is 24.3 Å². The molecule has 120 valence electrons. The summed E-state index contributed by atoms with van der Waals surface area (Å²) in [6.07, 6.45) is 0.742. The van der Waals surface area contributed by atoms with E-state index in [0.717, 1.165) is 32.5 Å². The smallest absolute Gasteiger partial charge is 0.315 e. The number of amides is 2. The fourth-order valence-corrected chi connectivity index (χ4v) is 4.11. The molecule has 0 radical (unpaired) electrons. The van der Waals surface area contributed by atoms with Crippen molar-refractivity contribution >= 4 is 38.9 Å². The lowest BCUT2D eigenvalue weighted by molar-refractivity contribution is 0.240. The molecule has 0 unspecified atom stereocenters. The molecule has 1 aromatic carbocycles. The fraction of sp³-hybridized carbons (Fsp3) is 0.312. The lowest BCUT2D eigenvalue weighted by atomic mass is 10.3. The highest BCUT2D eigenvalue weighted by Crippen LogP contribution is 2.21. The Hall–Kier alpha value is -1.99. The van der Waals surface area contributed by atoms with Crippen LogP contribution < -0.4 is 10.6 Å². The van der Waals surface area contributed by atoms with Gasteiger partial charge in [-0.3, -0.25) is 0 Å². The highest BCUT2D eigenvalue weighted by atomic mass is 32.1. The number of para-hydroxylation sites is 1. The van der Waals surface area contributed by atoms with Gasteiger partial charge < -0.3 is 10.6 Å². The largest absolute Gasteiger partial charge is 0.338 e.